The van der Waals surface area contributed by atoms with Crippen LogP contribution in [0.15, 0.2) is 17.0 Å². The predicted molar refractivity (Wildman–Crippen MR) is 82.4 cm³/mol. The third-order valence-electron chi connectivity index (χ3n) is 4.58. The molecule has 0 aliphatic carbocycles. The van der Waals surface area contributed by atoms with Crippen molar-refractivity contribution in [1.82, 2.24) is 19.3 Å². The summed E-state index contributed by atoms with van der Waals surface area (Å²) in [6, 6.07) is 0.439. The maximum absolute atomic E-state index is 12.0. The number of nitrogens with zero attached hydrogens (tertiary/aromatic N) is 4. The molecule has 2 aromatic rings. The minimum absolute atomic E-state index is 0.251. The van der Waals surface area contributed by atoms with E-state index in [-0.39, 0.29) is 11.8 Å². The van der Waals surface area contributed by atoms with E-state index in [0.29, 0.717) is 22.2 Å². The third-order valence-corrected chi connectivity index (χ3v) is 5.41. The van der Waals surface area contributed by atoms with Gasteiger partial charge in [0.05, 0.1) is 0 Å². The van der Waals surface area contributed by atoms with Crippen molar-refractivity contribution in [3.63, 3.8) is 0 Å². The standard InChI is InChI=1S/C14H14BrClN4O/c15-12-11-13(16)17-5-6-19(11)14(18-12)8-1-2-9-3-4-10(21)20(9)7-8/h5-6,8-9H,1-4,7H2/t8-,9-/m0/s1. The van der Waals surface area contributed by atoms with Gasteiger partial charge in [-0.1, -0.05) is 11.6 Å². The quantitative estimate of drug-likeness (QED) is 0.776. The Morgan fingerprint density at radius 3 is 3.05 bits per heavy atom. The number of aromatic nitrogens is 3. The summed E-state index contributed by atoms with van der Waals surface area (Å²) in [6.07, 6.45) is 7.37. The molecule has 4 heterocycles. The topological polar surface area (TPSA) is 50.5 Å². The Balaban J connectivity index is 1.74. The Morgan fingerprint density at radius 1 is 1.33 bits per heavy atom. The van der Waals surface area contributed by atoms with Crippen molar-refractivity contribution in [1.29, 1.82) is 0 Å². The third kappa shape index (κ3) is 2.07. The van der Waals surface area contributed by atoms with Gasteiger partial charge in [-0.25, -0.2) is 9.97 Å². The second-order valence-electron chi connectivity index (χ2n) is 5.71. The minimum atomic E-state index is 0.251. The van der Waals surface area contributed by atoms with Gasteiger partial charge >= 0.3 is 0 Å². The smallest absolute Gasteiger partial charge is 0.222 e. The second kappa shape index (κ2) is 4.95. The zero-order valence-corrected chi connectivity index (χ0v) is 13.6. The second-order valence-corrected chi connectivity index (χ2v) is 6.82. The summed E-state index contributed by atoms with van der Waals surface area (Å²) in [4.78, 5) is 22.7. The van der Waals surface area contributed by atoms with Gasteiger partial charge in [0, 0.05) is 37.3 Å². The molecule has 7 heteroatoms. The summed E-state index contributed by atoms with van der Waals surface area (Å²) in [5, 5.41) is 0.439. The van der Waals surface area contributed by atoms with E-state index in [1.165, 1.54) is 0 Å². The molecule has 2 fully saturated rings. The lowest BCUT2D eigenvalue weighted by molar-refractivity contribution is -0.130. The summed E-state index contributed by atoms with van der Waals surface area (Å²) < 4.78 is 2.70. The molecule has 21 heavy (non-hydrogen) atoms. The van der Waals surface area contributed by atoms with Gasteiger partial charge in [0.1, 0.15) is 15.9 Å². The predicted octanol–water partition coefficient (Wildman–Crippen LogP) is 3.01. The Morgan fingerprint density at radius 2 is 2.19 bits per heavy atom. The van der Waals surface area contributed by atoms with Crippen molar-refractivity contribution in [2.24, 2.45) is 0 Å². The van der Waals surface area contributed by atoms with Gasteiger partial charge in [-0.3, -0.25) is 9.20 Å². The molecule has 2 aliphatic rings. The number of imidazole rings is 1. The fourth-order valence-corrected chi connectivity index (χ4v) is 4.46. The van der Waals surface area contributed by atoms with Crippen molar-refractivity contribution >= 4 is 39.0 Å². The minimum Gasteiger partial charge on any atom is -0.339 e. The maximum atomic E-state index is 12.0. The van der Waals surface area contributed by atoms with Gasteiger partial charge < -0.3 is 4.90 Å². The molecule has 0 radical (unpaired) electrons. The molecule has 0 N–H and O–H groups in total. The fraction of sp³-hybridized carbons (Fsp3) is 0.500. The lowest BCUT2D eigenvalue weighted by Gasteiger charge is -2.34. The van der Waals surface area contributed by atoms with Crippen molar-refractivity contribution in [2.75, 3.05) is 6.54 Å². The van der Waals surface area contributed by atoms with E-state index in [9.17, 15) is 4.79 Å². The first-order valence-electron chi connectivity index (χ1n) is 7.12. The number of fused-ring (bicyclic) bond motifs is 2. The molecule has 2 saturated heterocycles. The summed E-state index contributed by atoms with van der Waals surface area (Å²) in [5.41, 5.74) is 0.795. The van der Waals surface area contributed by atoms with Gasteiger partial charge in [0.15, 0.2) is 5.15 Å². The molecule has 2 aliphatic heterocycles. The van der Waals surface area contributed by atoms with Crippen LogP contribution in [-0.2, 0) is 4.79 Å². The molecule has 1 amide bonds. The molecular weight excluding hydrogens is 356 g/mol. The Hall–Kier alpha value is -1.14. The van der Waals surface area contributed by atoms with Gasteiger partial charge in [-0.05, 0) is 35.2 Å². The van der Waals surface area contributed by atoms with E-state index in [1.54, 1.807) is 6.20 Å². The van der Waals surface area contributed by atoms with Crippen LogP contribution in [0.5, 0.6) is 0 Å². The SMILES string of the molecule is O=C1CC[C@@H]2CC[C@H](c3nc(Br)c4c(Cl)nccn34)CN12. The largest absolute Gasteiger partial charge is 0.339 e. The van der Waals surface area contributed by atoms with Crippen molar-refractivity contribution in [2.45, 2.75) is 37.6 Å². The molecule has 0 bridgehead atoms. The first-order valence-corrected chi connectivity index (χ1v) is 8.29. The van der Waals surface area contributed by atoms with E-state index in [4.69, 9.17) is 11.6 Å². The van der Waals surface area contributed by atoms with Crippen LogP contribution >= 0.6 is 27.5 Å². The van der Waals surface area contributed by atoms with Crippen LogP contribution in [-0.4, -0.2) is 37.8 Å². The van der Waals surface area contributed by atoms with E-state index in [0.717, 1.165) is 37.1 Å². The first kappa shape index (κ1) is 13.5. The molecule has 5 nitrogen and oxygen atoms in total. The summed E-state index contributed by atoms with van der Waals surface area (Å²) in [7, 11) is 0. The lowest BCUT2D eigenvalue weighted by atomic mass is 9.93. The zero-order chi connectivity index (χ0) is 14.6. The normalized spacial score (nSPS) is 25.6. The van der Waals surface area contributed by atoms with Crippen molar-refractivity contribution in [3.05, 3.63) is 28.0 Å². The fourth-order valence-electron chi connectivity index (χ4n) is 3.55. The highest BCUT2D eigenvalue weighted by molar-refractivity contribution is 9.10. The molecule has 2 aromatic heterocycles. The summed E-state index contributed by atoms with van der Waals surface area (Å²) in [5.74, 6) is 1.49. The highest BCUT2D eigenvalue weighted by Gasteiger charge is 2.38. The van der Waals surface area contributed by atoms with Gasteiger partial charge in [0.25, 0.3) is 0 Å². The monoisotopic (exact) mass is 368 g/mol. The molecule has 0 unspecified atom stereocenters. The highest BCUT2D eigenvalue weighted by atomic mass is 79.9. The van der Waals surface area contributed by atoms with Crippen molar-refractivity contribution < 1.29 is 4.79 Å². The number of rotatable bonds is 1. The van der Waals surface area contributed by atoms with Crippen LogP contribution in [0.3, 0.4) is 0 Å². The Labute approximate surface area is 135 Å². The first-order chi connectivity index (χ1) is 10.1. The Kier molecular flexibility index (Phi) is 3.19. The van der Waals surface area contributed by atoms with Crippen LogP contribution in [0.4, 0.5) is 0 Å². The van der Waals surface area contributed by atoms with E-state index in [2.05, 4.69) is 25.9 Å². The number of carbonyl (C=O) groups is 1. The summed E-state index contributed by atoms with van der Waals surface area (Å²) >= 11 is 9.63. The van der Waals surface area contributed by atoms with Crippen molar-refractivity contribution in [3.8, 4) is 0 Å². The van der Waals surface area contributed by atoms with Crippen LogP contribution in [0.2, 0.25) is 5.15 Å². The molecule has 0 saturated carbocycles. The number of piperidine rings is 1. The van der Waals surface area contributed by atoms with E-state index >= 15 is 0 Å². The van der Waals surface area contributed by atoms with E-state index < -0.39 is 0 Å². The molecule has 0 aromatic carbocycles. The molecule has 2 atom stereocenters. The average molecular weight is 370 g/mol. The van der Waals surface area contributed by atoms with Crippen LogP contribution in [0.25, 0.3) is 5.52 Å². The average Bonchev–Trinajstić information content (AvgIpc) is 3.01. The lowest BCUT2D eigenvalue weighted by Crippen LogP contribution is -2.41. The highest BCUT2D eigenvalue weighted by Crippen LogP contribution is 2.37. The number of hydrogen-bond donors (Lipinski definition) is 0. The maximum Gasteiger partial charge on any atom is 0.222 e. The van der Waals surface area contributed by atoms with Crippen LogP contribution < -0.4 is 0 Å². The molecule has 4 rings (SSSR count). The van der Waals surface area contributed by atoms with E-state index in [1.807, 2.05) is 15.5 Å². The number of hydrogen-bond acceptors (Lipinski definition) is 3. The number of halogens is 2. The Bertz CT molecular complexity index is 731. The van der Waals surface area contributed by atoms with Crippen LogP contribution in [0, 0.1) is 0 Å². The molecule has 0 spiro atoms. The molecule has 110 valence electrons. The van der Waals surface area contributed by atoms with Gasteiger partial charge in [-0.2, -0.15) is 0 Å². The zero-order valence-electron chi connectivity index (χ0n) is 11.3. The molecular formula is C14H14BrClN4O. The van der Waals surface area contributed by atoms with Gasteiger partial charge in [0.2, 0.25) is 5.91 Å². The number of carbonyl (C=O) groups excluding carboxylic acids is 1. The summed E-state index contributed by atoms with van der Waals surface area (Å²) in [6.45, 7) is 0.759. The van der Waals surface area contributed by atoms with Gasteiger partial charge in [-0.15, -0.1) is 0 Å². The van der Waals surface area contributed by atoms with Crippen LogP contribution in [0.1, 0.15) is 37.4 Å². The number of amides is 1.